The van der Waals surface area contributed by atoms with Crippen LogP contribution in [0.1, 0.15) is 41.8 Å². The summed E-state index contributed by atoms with van der Waals surface area (Å²) in [4.78, 5) is 16.3. The highest BCUT2D eigenvalue weighted by Gasteiger charge is 2.20. The Morgan fingerprint density at radius 3 is 2.84 bits per heavy atom. The van der Waals surface area contributed by atoms with Crippen LogP contribution in [0.4, 0.5) is 0 Å². The zero-order valence-corrected chi connectivity index (χ0v) is 14.9. The number of imidazole rings is 1. The van der Waals surface area contributed by atoms with Gasteiger partial charge >= 0.3 is 5.97 Å². The van der Waals surface area contributed by atoms with Crippen molar-refractivity contribution in [3.05, 3.63) is 41.9 Å². The second-order valence-corrected chi connectivity index (χ2v) is 6.03. The average molecular weight is 342 g/mol. The molecule has 3 aromatic rings. The van der Waals surface area contributed by atoms with Gasteiger partial charge < -0.3 is 9.30 Å². The van der Waals surface area contributed by atoms with E-state index in [2.05, 4.69) is 33.3 Å². The van der Waals surface area contributed by atoms with Crippen LogP contribution in [-0.4, -0.2) is 42.1 Å². The lowest BCUT2D eigenvalue weighted by Gasteiger charge is -2.17. The van der Waals surface area contributed by atoms with Crippen LogP contribution in [0.2, 0.25) is 0 Å². The number of ether oxygens (including phenoxy) is 1. The number of hydrogen-bond acceptors (Lipinski definition) is 5. The highest BCUT2D eigenvalue weighted by Crippen LogP contribution is 2.24. The average Bonchev–Trinajstić information content (AvgIpc) is 3.26. The number of aromatic nitrogens is 6. The molecule has 0 aliphatic rings. The topological polar surface area (TPSA) is 90.6 Å². The molecule has 0 saturated carbocycles. The van der Waals surface area contributed by atoms with Gasteiger partial charge in [0.15, 0.2) is 5.69 Å². The van der Waals surface area contributed by atoms with Crippen molar-refractivity contribution in [2.24, 2.45) is 0 Å². The summed E-state index contributed by atoms with van der Waals surface area (Å²) in [6, 6.07) is 2.19. The SMILES string of the molecule is CCOC(=O)c1[nH]ncc1-c1cncn1C[C@H](C)n1nc(C)cc1C. The number of rotatable bonds is 6. The summed E-state index contributed by atoms with van der Waals surface area (Å²) in [7, 11) is 0. The van der Waals surface area contributed by atoms with Crippen LogP contribution >= 0.6 is 0 Å². The molecule has 0 fully saturated rings. The number of H-pyrrole nitrogens is 1. The molecule has 0 aliphatic carbocycles. The Kier molecular flexibility index (Phi) is 4.69. The molecule has 0 saturated heterocycles. The minimum Gasteiger partial charge on any atom is -0.461 e. The van der Waals surface area contributed by atoms with E-state index in [4.69, 9.17) is 4.74 Å². The van der Waals surface area contributed by atoms with E-state index in [0.717, 1.165) is 17.1 Å². The highest BCUT2D eigenvalue weighted by atomic mass is 16.5. The van der Waals surface area contributed by atoms with E-state index in [1.807, 2.05) is 23.1 Å². The van der Waals surface area contributed by atoms with Crippen molar-refractivity contribution in [1.29, 1.82) is 0 Å². The molecule has 0 aromatic carbocycles. The van der Waals surface area contributed by atoms with Crippen LogP contribution in [0.3, 0.4) is 0 Å². The number of aryl methyl sites for hydroxylation is 2. The molecule has 3 rings (SSSR count). The van der Waals surface area contributed by atoms with Gasteiger partial charge in [0.05, 0.1) is 48.3 Å². The second kappa shape index (κ2) is 6.92. The second-order valence-electron chi connectivity index (χ2n) is 6.03. The fourth-order valence-corrected chi connectivity index (χ4v) is 2.98. The molecule has 0 radical (unpaired) electrons. The monoisotopic (exact) mass is 342 g/mol. The van der Waals surface area contributed by atoms with E-state index in [9.17, 15) is 4.79 Å². The molecule has 132 valence electrons. The first kappa shape index (κ1) is 16.9. The summed E-state index contributed by atoms with van der Waals surface area (Å²) >= 11 is 0. The molecule has 8 nitrogen and oxygen atoms in total. The fourth-order valence-electron chi connectivity index (χ4n) is 2.98. The molecule has 3 aromatic heterocycles. The highest BCUT2D eigenvalue weighted by molar-refractivity contribution is 5.94. The summed E-state index contributed by atoms with van der Waals surface area (Å²) in [5.41, 5.74) is 3.93. The molecule has 3 heterocycles. The largest absolute Gasteiger partial charge is 0.461 e. The summed E-state index contributed by atoms with van der Waals surface area (Å²) in [6.07, 6.45) is 5.09. The van der Waals surface area contributed by atoms with Gasteiger partial charge in [0.2, 0.25) is 0 Å². The maximum Gasteiger partial charge on any atom is 0.357 e. The Labute approximate surface area is 145 Å². The lowest BCUT2D eigenvalue weighted by Crippen LogP contribution is -2.16. The molecular formula is C17H22N6O2. The van der Waals surface area contributed by atoms with Gasteiger partial charge in [-0.2, -0.15) is 10.2 Å². The summed E-state index contributed by atoms with van der Waals surface area (Å²) in [6.45, 7) is 8.88. The Hall–Kier alpha value is -2.90. The molecule has 25 heavy (non-hydrogen) atoms. The molecule has 0 spiro atoms. The number of hydrogen-bond donors (Lipinski definition) is 1. The molecule has 0 bridgehead atoms. The van der Waals surface area contributed by atoms with Crippen LogP contribution in [0.5, 0.6) is 0 Å². The van der Waals surface area contributed by atoms with E-state index < -0.39 is 5.97 Å². The molecule has 8 heteroatoms. The van der Waals surface area contributed by atoms with Crippen molar-refractivity contribution in [1.82, 2.24) is 29.5 Å². The van der Waals surface area contributed by atoms with Gasteiger partial charge in [-0.15, -0.1) is 0 Å². The number of nitrogens with zero attached hydrogens (tertiary/aromatic N) is 5. The van der Waals surface area contributed by atoms with Gasteiger partial charge in [-0.3, -0.25) is 9.78 Å². The minimum atomic E-state index is -0.422. The zero-order valence-electron chi connectivity index (χ0n) is 14.9. The predicted molar refractivity (Wildman–Crippen MR) is 92.2 cm³/mol. The first-order chi connectivity index (χ1) is 12.0. The number of carbonyl (C=O) groups excluding carboxylic acids is 1. The Balaban J connectivity index is 1.88. The van der Waals surface area contributed by atoms with E-state index in [-0.39, 0.29) is 6.04 Å². The molecule has 1 atom stereocenters. The molecule has 0 unspecified atom stereocenters. The first-order valence-corrected chi connectivity index (χ1v) is 8.25. The van der Waals surface area contributed by atoms with Crippen LogP contribution < -0.4 is 0 Å². The first-order valence-electron chi connectivity index (χ1n) is 8.25. The lowest BCUT2D eigenvalue weighted by molar-refractivity contribution is 0.0520. The third-order valence-electron chi connectivity index (χ3n) is 4.03. The van der Waals surface area contributed by atoms with E-state index in [1.54, 1.807) is 25.6 Å². The Morgan fingerprint density at radius 2 is 2.16 bits per heavy atom. The van der Waals surface area contributed by atoms with Crippen LogP contribution in [0.15, 0.2) is 24.8 Å². The predicted octanol–water partition coefficient (Wildman–Crippen LogP) is 2.52. The van der Waals surface area contributed by atoms with Gasteiger partial charge in [0, 0.05) is 12.2 Å². The number of aromatic amines is 1. The quantitative estimate of drug-likeness (QED) is 0.695. The molecule has 0 amide bonds. The third kappa shape index (κ3) is 3.33. The number of esters is 1. The van der Waals surface area contributed by atoms with Crippen molar-refractivity contribution in [2.45, 2.75) is 40.3 Å². The van der Waals surface area contributed by atoms with Gasteiger partial charge in [0.1, 0.15) is 0 Å². The minimum absolute atomic E-state index is 0.139. The van der Waals surface area contributed by atoms with Gasteiger partial charge in [-0.05, 0) is 33.8 Å². The number of carbonyl (C=O) groups is 1. The standard InChI is InChI=1S/C17H22N6O2/c1-5-25-17(24)16-14(7-19-20-16)15-8-18-10-22(15)9-13(4)23-12(3)6-11(2)21-23/h6-8,10,13H,5,9H2,1-4H3,(H,19,20)/t13-/m0/s1. The van der Waals surface area contributed by atoms with Crippen LogP contribution in [0.25, 0.3) is 11.3 Å². The fraction of sp³-hybridized carbons (Fsp3) is 0.412. The van der Waals surface area contributed by atoms with E-state index in [0.29, 0.717) is 24.4 Å². The van der Waals surface area contributed by atoms with E-state index >= 15 is 0 Å². The van der Waals surface area contributed by atoms with Crippen molar-refractivity contribution in [3.63, 3.8) is 0 Å². The summed E-state index contributed by atoms with van der Waals surface area (Å²) < 4.78 is 9.08. The molecular weight excluding hydrogens is 320 g/mol. The van der Waals surface area contributed by atoms with Crippen molar-refractivity contribution in [3.8, 4) is 11.3 Å². The molecule has 0 aliphatic heterocycles. The van der Waals surface area contributed by atoms with Gasteiger partial charge in [-0.25, -0.2) is 9.78 Å². The Bertz CT molecular complexity index is 875. The van der Waals surface area contributed by atoms with E-state index in [1.165, 1.54) is 0 Å². The lowest BCUT2D eigenvalue weighted by atomic mass is 10.2. The molecule has 1 N–H and O–H groups in total. The maximum absolute atomic E-state index is 12.1. The Morgan fingerprint density at radius 1 is 1.36 bits per heavy atom. The van der Waals surface area contributed by atoms with Crippen molar-refractivity contribution >= 4 is 5.97 Å². The van der Waals surface area contributed by atoms with Crippen molar-refractivity contribution < 1.29 is 9.53 Å². The zero-order chi connectivity index (χ0) is 18.0. The summed E-state index contributed by atoms with van der Waals surface area (Å²) in [5.74, 6) is -0.422. The van der Waals surface area contributed by atoms with Gasteiger partial charge in [0.25, 0.3) is 0 Å². The summed E-state index contributed by atoms with van der Waals surface area (Å²) in [5, 5.41) is 11.3. The maximum atomic E-state index is 12.1. The third-order valence-corrected chi connectivity index (χ3v) is 4.03. The smallest absolute Gasteiger partial charge is 0.357 e. The van der Waals surface area contributed by atoms with Crippen molar-refractivity contribution in [2.75, 3.05) is 6.61 Å². The normalized spacial score (nSPS) is 12.3. The van der Waals surface area contributed by atoms with Crippen LogP contribution in [-0.2, 0) is 11.3 Å². The van der Waals surface area contributed by atoms with Gasteiger partial charge in [-0.1, -0.05) is 0 Å². The van der Waals surface area contributed by atoms with Crippen LogP contribution in [0, 0.1) is 13.8 Å². The number of nitrogens with one attached hydrogen (secondary N) is 1.